The molecule has 4 aromatic rings. The number of hydrogen-bond acceptors (Lipinski definition) is 6. The zero-order valence-electron chi connectivity index (χ0n) is 18.5. The lowest BCUT2D eigenvalue weighted by Gasteiger charge is -2.12. The van der Waals surface area contributed by atoms with Gasteiger partial charge in [0.15, 0.2) is 5.78 Å². The zero-order valence-corrected chi connectivity index (χ0v) is 20.1. The van der Waals surface area contributed by atoms with Crippen molar-refractivity contribution in [3.05, 3.63) is 76.5 Å². The highest BCUT2D eigenvalue weighted by molar-refractivity contribution is 7.92. The molecule has 11 heteroatoms. The number of aromatic nitrogens is 3. The average molecular weight is 502 g/mol. The Balaban J connectivity index is 1.76. The van der Waals surface area contributed by atoms with Crippen molar-refractivity contribution in [3.63, 3.8) is 0 Å². The van der Waals surface area contributed by atoms with Crippen LogP contribution in [0, 0.1) is 12.7 Å². The zero-order chi connectivity index (χ0) is 24.8. The monoisotopic (exact) mass is 501 g/mol. The Morgan fingerprint density at radius 2 is 1.88 bits per heavy atom. The Morgan fingerprint density at radius 3 is 2.56 bits per heavy atom. The van der Waals surface area contributed by atoms with Crippen molar-refractivity contribution in [1.29, 1.82) is 0 Å². The number of benzene rings is 2. The Bertz CT molecular complexity index is 1550. The highest BCUT2D eigenvalue weighted by Crippen LogP contribution is 2.30. The first kappa shape index (κ1) is 23.7. The first-order chi connectivity index (χ1) is 16.0. The standard InChI is InChI=1S/C23H21ClFN5O3S/c1-12(2)30-10-17(20-22(26)27-11-28-23(20)30)21(31)16-8-14(5-4-13(16)3)29-34(32,33)15-6-7-19(25)18(24)9-15/h4-12,29H,1-3H3,(H2,26,27,28). The van der Waals surface area contributed by atoms with Gasteiger partial charge < -0.3 is 10.3 Å². The van der Waals surface area contributed by atoms with E-state index in [0.29, 0.717) is 22.2 Å². The number of fused-ring (bicyclic) bond motifs is 1. The number of sulfonamides is 1. The van der Waals surface area contributed by atoms with E-state index in [1.54, 1.807) is 19.2 Å². The second-order valence-corrected chi connectivity index (χ2v) is 10.1. The Kier molecular flexibility index (Phi) is 6.05. The van der Waals surface area contributed by atoms with Gasteiger partial charge in [-0.25, -0.2) is 22.8 Å². The summed E-state index contributed by atoms with van der Waals surface area (Å²) in [5, 5.41) is 0.122. The largest absolute Gasteiger partial charge is 0.383 e. The average Bonchev–Trinajstić information content (AvgIpc) is 3.17. The van der Waals surface area contributed by atoms with Gasteiger partial charge in [0.1, 0.15) is 23.6 Å². The predicted octanol–water partition coefficient (Wildman–Crippen LogP) is 4.73. The predicted molar refractivity (Wildman–Crippen MR) is 129 cm³/mol. The number of halogens is 2. The van der Waals surface area contributed by atoms with E-state index in [4.69, 9.17) is 17.3 Å². The van der Waals surface area contributed by atoms with Crippen LogP contribution >= 0.6 is 11.6 Å². The van der Waals surface area contributed by atoms with Gasteiger partial charge >= 0.3 is 0 Å². The topological polar surface area (TPSA) is 120 Å². The van der Waals surface area contributed by atoms with Gasteiger partial charge in [0, 0.05) is 23.5 Å². The molecule has 2 heterocycles. The van der Waals surface area contributed by atoms with Crippen LogP contribution in [-0.2, 0) is 10.0 Å². The van der Waals surface area contributed by atoms with Crippen molar-refractivity contribution >= 4 is 49.9 Å². The Labute approximate surface area is 200 Å². The molecule has 2 aromatic carbocycles. The number of nitrogens with one attached hydrogen (secondary N) is 1. The molecule has 0 aliphatic heterocycles. The first-order valence-electron chi connectivity index (χ1n) is 10.2. The molecule has 0 spiro atoms. The van der Waals surface area contributed by atoms with Crippen LogP contribution in [0.15, 0.2) is 53.8 Å². The van der Waals surface area contributed by atoms with Gasteiger partial charge in [-0.05, 0) is 56.7 Å². The molecule has 0 saturated heterocycles. The lowest BCUT2D eigenvalue weighted by molar-refractivity contribution is 0.103. The Morgan fingerprint density at radius 1 is 1.15 bits per heavy atom. The lowest BCUT2D eigenvalue weighted by atomic mass is 9.98. The smallest absolute Gasteiger partial charge is 0.261 e. The van der Waals surface area contributed by atoms with E-state index in [1.807, 2.05) is 18.4 Å². The van der Waals surface area contributed by atoms with E-state index in [0.717, 1.165) is 18.2 Å². The molecule has 34 heavy (non-hydrogen) atoms. The quantitative estimate of drug-likeness (QED) is 0.368. The molecule has 0 saturated carbocycles. The van der Waals surface area contributed by atoms with Crippen molar-refractivity contribution < 1.29 is 17.6 Å². The van der Waals surface area contributed by atoms with Crippen LogP contribution < -0.4 is 10.5 Å². The summed E-state index contributed by atoms with van der Waals surface area (Å²) < 4.78 is 43.3. The molecule has 0 aliphatic rings. The van der Waals surface area contributed by atoms with E-state index < -0.39 is 15.8 Å². The summed E-state index contributed by atoms with van der Waals surface area (Å²) in [7, 11) is -4.08. The van der Waals surface area contributed by atoms with Gasteiger partial charge in [-0.2, -0.15) is 0 Å². The van der Waals surface area contributed by atoms with Crippen molar-refractivity contribution in [1.82, 2.24) is 14.5 Å². The maximum absolute atomic E-state index is 13.6. The molecular weight excluding hydrogens is 481 g/mol. The molecule has 4 rings (SSSR count). The number of nitrogens with zero attached hydrogens (tertiary/aromatic N) is 3. The molecule has 0 amide bonds. The number of ketones is 1. The summed E-state index contributed by atoms with van der Waals surface area (Å²) in [6.07, 6.45) is 3.02. The third-order valence-corrected chi connectivity index (χ3v) is 7.04. The summed E-state index contributed by atoms with van der Waals surface area (Å²) in [5.74, 6) is -0.905. The van der Waals surface area contributed by atoms with Crippen molar-refractivity contribution in [3.8, 4) is 0 Å². The number of hydrogen-bond donors (Lipinski definition) is 2. The van der Waals surface area contributed by atoms with Gasteiger partial charge in [0.2, 0.25) is 0 Å². The maximum atomic E-state index is 13.6. The fraction of sp³-hybridized carbons (Fsp3) is 0.174. The van der Waals surface area contributed by atoms with Crippen LogP contribution in [-0.4, -0.2) is 28.7 Å². The third kappa shape index (κ3) is 4.22. The summed E-state index contributed by atoms with van der Waals surface area (Å²) in [5.41, 5.74) is 8.01. The minimum absolute atomic E-state index is 0.0140. The molecular formula is C23H21ClFN5O3S. The summed E-state index contributed by atoms with van der Waals surface area (Å²) in [6.45, 7) is 5.65. The number of nitrogens with two attached hydrogens (primary N) is 1. The second kappa shape index (κ2) is 8.69. The molecule has 8 nitrogen and oxygen atoms in total. The molecule has 0 aliphatic carbocycles. The number of aryl methyl sites for hydroxylation is 1. The van der Waals surface area contributed by atoms with Gasteiger partial charge in [-0.15, -0.1) is 0 Å². The van der Waals surface area contributed by atoms with E-state index >= 15 is 0 Å². The van der Waals surface area contributed by atoms with Crippen molar-refractivity contribution in [2.45, 2.75) is 31.7 Å². The van der Waals surface area contributed by atoms with Crippen LogP contribution in [0.25, 0.3) is 11.0 Å². The number of rotatable bonds is 6. The van der Waals surface area contributed by atoms with Crippen molar-refractivity contribution in [2.75, 3.05) is 10.5 Å². The molecule has 0 radical (unpaired) electrons. The molecule has 176 valence electrons. The summed E-state index contributed by atoms with van der Waals surface area (Å²) in [6, 6.07) is 7.71. The third-order valence-electron chi connectivity index (χ3n) is 5.38. The molecule has 0 unspecified atom stereocenters. The normalized spacial score (nSPS) is 11.8. The minimum Gasteiger partial charge on any atom is -0.383 e. The summed E-state index contributed by atoms with van der Waals surface area (Å²) >= 11 is 5.73. The van der Waals surface area contributed by atoms with E-state index in [2.05, 4.69) is 14.7 Å². The Hall–Kier alpha value is -3.50. The van der Waals surface area contributed by atoms with E-state index in [1.165, 1.54) is 18.5 Å². The van der Waals surface area contributed by atoms with Gasteiger partial charge in [-0.3, -0.25) is 9.52 Å². The maximum Gasteiger partial charge on any atom is 0.261 e. The highest BCUT2D eigenvalue weighted by Gasteiger charge is 2.23. The molecule has 3 N–H and O–H groups in total. The lowest BCUT2D eigenvalue weighted by Crippen LogP contribution is -2.14. The number of carbonyl (C=O) groups excluding carboxylic acids is 1. The number of nitrogen functional groups attached to an aromatic ring is 1. The SMILES string of the molecule is Cc1ccc(NS(=O)(=O)c2ccc(F)c(Cl)c2)cc1C(=O)c1cn(C(C)C)c2ncnc(N)c12. The molecule has 0 atom stereocenters. The van der Waals surface area contributed by atoms with Gasteiger partial charge in [-0.1, -0.05) is 17.7 Å². The van der Waals surface area contributed by atoms with Gasteiger partial charge in [0.25, 0.3) is 10.0 Å². The van der Waals surface area contributed by atoms with Gasteiger partial charge in [0.05, 0.1) is 20.9 Å². The van der Waals surface area contributed by atoms with Crippen LogP contribution in [0.2, 0.25) is 5.02 Å². The minimum atomic E-state index is -4.08. The van der Waals surface area contributed by atoms with Crippen LogP contribution in [0.3, 0.4) is 0 Å². The second-order valence-electron chi connectivity index (χ2n) is 8.04. The molecule has 0 fully saturated rings. The van der Waals surface area contributed by atoms with Crippen LogP contribution in [0.4, 0.5) is 15.9 Å². The highest BCUT2D eigenvalue weighted by atomic mass is 35.5. The molecule has 0 bridgehead atoms. The summed E-state index contributed by atoms with van der Waals surface area (Å²) in [4.78, 5) is 21.7. The van der Waals surface area contributed by atoms with E-state index in [9.17, 15) is 17.6 Å². The number of carbonyl (C=O) groups is 1. The number of anilines is 2. The van der Waals surface area contributed by atoms with Crippen LogP contribution in [0.5, 0.6) is 0 Å². The van der Waals surface area contributed by atoms with E-state index in [-0.39, 0.29) is 38.8 Å². The molecule has 2 aromatic heterocycles. The van der Waals surface area contributed by atoms with Crippen molar-refractivity contribution in [2.24, 2.45) is 0 Å². The fourth-order valence-corrected chi connectivity index (χ4v) is 4.93. The first-order valence-corrected chi connectivity index (χ1v) is 12.1. The fourth-order valence-electron chi connectivity index (χ4n) is 3.61. The van der Waals surface area contributed by atoms with Crippen LogP contribution in [0.1, 0.15) is 41.4 Å².